The summed E-state index contributed by atoms with van der Waals surface area (Å²) in [6.07, 6.45) is 0.990. The molecule has 0 fully saturated rings. The fraction of sp³-hybridized carbons (Fsp3) is 0.160. The van der Waals surface area contributed by atoms with E-state index in [0.29, 0.717) is 17.9 Å². The number of amides is 1. The molecule has 2 heterocycles. The van der Waals surface area contributed by atoms with E-state index >= 15 is 0 Å². The van der Waals surface area contributed by atoms with E-state index < -0.39 is 18.0 Å². The number of carboxylic acid groups (broad SMARTS) is 1. The number of carbonyl (C=O) groups is 2. The average molecular weight is 474 g/mol. The smallest absolute Gasteiger partial charge is 0.344 e. The number of carboxylic acids is 1. The summed E-state index contributed by atoms with van der Waals surface area (Å²) in [5, 5.41) is 19.5. The molecule has 2 N–H and O–H groups in total. The predicted molar refractivity (Wildman–Crippen MR) is 123 cm³/mol. The molecule has 0 aliphatic carbocycles. The highest BCUT2D eigenvalue weighted by Crippen LogP contribution is 2.25. The summed E-state index contributed by atoms with van der Waals surface area (Å²) in [4.78, 5) is 27.9. The number of nitrogens with one attached hydrogen (secondary N) is 1. The van der Waals surface area contributed by atoms with Crippen molar-refractivity contribution in [1.29, 1.82) is 0 Å². The second kappa shape index (κ2) is 10.9. The monoisotopic (exact) mass is 474 g/mol. The lowest BCUT2D eigenvalue weighted by Gasteiger charge is -2.11. The van der Waals surface area contributed by atoms with Crippen LogP contribution in [0.4, 0.5) is 0 Å². The number of carbonyl (C=O) groups excluding carboxylic acids is 1. The number of benzene rings is 2. The zero-order valence-electron chi connectivity index (χ0n) is 18.7. The van der Waals surface area contributed by atoms with Gasteiger partial charge in [0.2, 0.25) is 5.88 Å². The second-order valence-electron chi connectivity index (χ2n) is 7.56. The highest BCUT2D eigenvalue weighted by molar-refractivity contribution is 5.96. The Morgan fingerprint density at radius 2 is 1.74 bits per heavy atom. The van der Waals surface area contributed by atoms with Crippen molar-refractivity contribution >= 4 is 11.9 Å². The van der Waals surface area contributed by atoms with Crippen molar-refractivity contribution in [3.63, 3.8) is 0 Å². The van der Waals surface area contributed by atoms with Gasteiger partial charge in [-0.3, -0.25) is 4.79 Å². The lowest BCUT2D eigenvalue weighted by atomic mass is 10.1. The standard InChI is InChI=1S/C25H22N4O6/c1-16(25(31)32)33-19-11-9-18(10-12-19)15-27-22(30)20-8-5-13-26-23(20)34-24-21(28-35-29-24)14-17-6-3-2-4-7-17/h2-13,16H,14-15H2,1H3,(H,27,30)(H,31,32). The van der Waals surface area contributed by atoms with E-state index in [-0.39, 0.29) is 23.9 Å². The van der Waals surface area contributed by atoms with Gasteiger partial charge in [0.1, 0.15) is 11.3 Å². The van der Waals surface area contributed by atoms with E-state index in [1.165, 1.54) is 13.1 Å². The maximum atomic E-state index is 12.9. The fourth-order valence-electron chi connectivity index (χ4n) is 3.13. The molecule has 35 heavy (non-hydrogen) atoms. The molecule has 0 bridgehead atoms. The minimum atomic E-state index is -1.05. The van der Waals surface area contributed by atoms with Crippen LogP contribution in [0.2, 0.25) is 0 Å². The van der Waals surface area contributed by atoms with E-state index in [0.717, 1.165) is 11.1 Å². The van der Waals surface area contributed by atoms with E-state index in [9.17, 15) is 9.59 Å². The molecule has 2 aromatic carbocycles. The Bertz CT molecular complexity index is 1290. The number of rotatable bonds is 10. The Balaban J connectivity index is 1.40. The minimum absolute atomic E-state index is 0.0708. The van der Waals surface area contributed by atoms with Crippen LogP contribution in [0, 0.1) is 0 Å². The molecule has 1 atom stereocenters. The number of ether oxygens (including phenoxy) is 2. The van der Waals surface area contributed by atoms with Gasteiger partial charge in [0.15, 0.2) is 11.8 Å². The summed E-state index contributed by atoms with van der Waals surface area (Å²) in [5.74, 6) is -0.821. The molecule has 0 aliphatic rings. The van der Waals surface area contributed by atoms with Crippen LogP contribution in [0.15, 0.2) is 77.6 Å². The van der Waals surface area contributed by atoms with Gasteiger partial charge in [-0.25, -0.2) is 14.4 Å². The van der Waals surface area contributed by atoms with Gasteiger partial charge in [-0.15, -0.1) is 0 Å². The van der Waals surface area contributed by atoms with Crippen LogP contribution in [0.25, 0.3) is 0 Å². The van der Waals surface area contributed by atoms with Crippen molar-refractivity contribution in [2.75, 3.05) is 0 Å². The molecule has 2 aromatic heterocycles. The Morgan fingerprint density at radius 3 is 2.49 bits per heavy atom. The van der Waals surface area contributed by atoms with Gasteiger partial charge in [-0.1, -0.05) is 47.6 Å². The van der Waals surface area contributed by atoms with Crippen LogP contribution in [0.1, 0.15) is 34.1 Å². The Morgan fingerprint density at radius 1 is 0.971 bits per heavy atom. The third-order valence-electron chi connectivity index (χ3n) is 4.98. The molecule has 10 heteroatoms. The van der Waals surface area contributed by atoms with Crippen LogP contribution in [0.3, 0.4) is 0 Å². The first-order chi connectivity index (χ1) is 17.0. The van der Waals surface area contributed by atoms with Gasteiger partial charge >= 0.3 is 5.97 Å². The fourth-order valence-corrected chi connectivity index (χ4v) is 3.13. The molecule has 4 aromatic rings. The normalized spacial score (nSPS) is 11.5. The van der Waals surface area contributed by atoms with Crippen molar-refractivity contribution in [1.82, 2.24) is 20.6 Å². The predicted octanol–water partition coefficient (Wildman–Crippen LogP) is 3.63. The van der Waals surface area contributed by atoms with Gasteiger partial charge in [-0.2, -0.15) is 0 Å². The summed E-state index contributed by atoms with van der Waals surface area (Å²) in [7, 11) is 0. The maximum absolute atomic E-state index is 12.9. The summed E-state index contributed by atoms with van der Waals surface area (Å²) in [6, 6.07) is 19.6. The third-order valence-corrected chi connectivity index (χ3v) is 4.98. The average Bonchev–Trinajstić information content (AvgIpc) is 3.30. The van der Waals surface area contributed by atoms with Crippen LogP contribution in [-0.2, 0) is 17.8 Å². The first kappa shape index (κ1) is 23.4. The van der Waals surface area contributed by atoms with Gasteiger partial charge in [-0.05, 0) is 47.5 Å². The number of aromatic nitrogens is 3. The van der Waals surface area contributed by atoms with E-state index in [1.807, 2.05) is 30.3 Å². The van der Waals surface area contributed by atoms with Crippen molar-refractivity contribution in [2.24, 2.45) is 0 Å². The summed E-state index contributed by atoms with van der Waals surface area (Å²) in [5.41, 5.74) is 2.50. The van der Waals surface area contributed by atoms with Gasteiger partial charge < -0.3 is 19.9 Å². The molecule has 10 nitrogen and oxygen atoms in total. The van der Waals surface area contributed by atoms with E-state index in [4.69, 9.17) is 19.2 Å². The molecule has 0 saturated carbocycles. The van der Waals surface area contributed by atoms with Crippen molar-refractivity contribution in [3.05, 3.63) is 95.3 Å². The molecule has 1 amide bonds. The molecular formula is C25H22N4O6. The van der Waals surface area contributed by atoms with Crippen LogP contribution in [-0.4, -0.2) is 38.4 Å². The van der Waals surface area contributed by atoms with Crippen LogP contribution in [0.5, 0.6) is 17.5 Å². The lowest BCUT2D eigenvalue weighted by molar-refractivity contribution is -0.144. The Kier molecular flexibility index (Phi) is 7.31. The molecular weight excluding hydrogens is 452 g/mol. The maximum Gasteiger partial charge on any atom is 0.344 e. The molecule has 0 spiro atoms. The number of pyridine rings is 1. The third kappa shape index (κ3) is 6.20. The number of aliphatic carboxylic acids is 1. The zero-order chi connectivity index (χ0) is 24.6. The van der Waals surface area contributed by atoms with E-state index in [1.54, 1.807) is 36.4 Å². The lowest BCUT2D eigenvalue weighted by Crippen LogP contribution is -2.24. The number of nitrogens with zero attached hydrogens (tertiary/aromatic N) is 3. The minimum Gasteiger partial charge on any atom is -0.479 e. The summed E-state index contributed by atoms with van der Waals surface area (Å²) >= 11 is 0. The largest absolute Gasteiger partial charge is 0.479 e. The Labute approximate surface area is 200 Å². The van der Waals surface area contributed by atoms with Crippen molar-refractivity contribution in [2.45, 2.75) is 26.0 Å². The van der Waals surface area contributed by atoms with Crippen molar-refractivity contribution in [3.8, 4) is 17.5 Å². The molecule has 178 valence electrons. The first-order valence-corrected chi connectivity index (χ1v) is 10.7. The first-order valence-electron chi connectivity index (χ1n) is 10.7. The Hall–Kier alpha value is -4.73. The molecule has 4 rings (SSSR count). The van der Waals surface area contributed by atoms with E-state index in [2.05, 4.69) is 20.6 Å². The van der Waals surface area contributed by atoms with Crippen LogP contribution < -0.4 is 14.8 Å². The van der Waals surface area contributed by atoms with Gasteiger partial charge in [0.05, 0.1) is 0 Å². The molecule has 1 unspecified atom stereocenters. The number of hydrogen-bond acceptors (Lipinski definition) is 8. The quantitative estimate of drug-likeness (QED) is 0.353. The SMILES string of the molecule is CC(Oc1ccc(CNC(=O)c2cccnc2Oc2nonc2Cc2ccccc2)cc1)C(=O)O. The summed E-state index contributed by atoms with van der Waals surface area (Å²) < 4.78 is 15.9. The second-order valence-corrected chi connectivity index (χ2v) is 7.56. The van der Waals surface area contributed by atoms with Crippen molar-refractivity contribution < 1.29 is 28.8 Å². The zero-order valence-corrected chi connectivity index (χ0v) is 18.7. The summed E-state index contributed by atoms with van der Waals surface area (Å²) in [6.45, 7) is 1.68. The highest BCUT2D eigenvalue weighted by Gasteiger charge is 2.19. The molecule has 0 aliphatic heterocycles. The highest BCUT2D eigenvalue weighted by atomic mass is 16.6. The molecule has 0 saturated heterocycles. The van der Waals surface area contributed by atoms with Crippen LogP contribution >= 0.6 is 0 Å². The number of hydrogen-bond donors (Lipinski definition) is 2. The van der Waals surface area contributed by atoms with Gasteiger partial charge in [0.25, 0.3) is 11.8 Å². The molecule has 0 radical (unpaired) electrons. The van der Waals surface area contributed by atoms with Gasteiger partial charge in [0, 0.05) is 19.2 Å². The topological polar surface area (TPSA) is 137 Å².